The van der Waals surface area contributed by atoms with Crippen LogP contribution in [-0.2, 0) is 0 Å². The second-order valence-electron chi connectivity index (χ2n) is 3.57. The minimum atomic E-state index is -1.04. The largest absolute Gasteiger partial charge is 1.00 e. The summed E-state index contributed by atoms with van der Waals surface area (Å²) >= 11 is 0. The molecule has 0 radical (unpaired) electrons. The number of benzene rings is 2. The summed E-state index contributed by atoms with van der Waals surface area (Å²) in [4.78, 5) is 11.0. The van der Waals surface area contributed by atoms with Crippen LogP contribution in [0, 0.1) is 0 Å². The van der Waals surface area contributed by atoms with Crippen molar-refractivity contribution in [3.63, 3.8) is 0 Å². The van der Waals surface area contributed by atoms with Crippen molar-refractivity contribution >= 4 is 23.0 Å². The first kappa shape index (κ1) is 16.2. The fourth-order valence-corrected chi connectivity index (χ4v) is 1.38. The Kier molecular flexibility index (Phi) is 6.50. The van der Waals surface area contributed by atoms with E-state index in [1.165, 1.54) is 6.07 Å². The molecule has 0 unspecified atom stereocenters. The number of carboxylic acid groups (broad SMARTS) is 1. The molecular formula is C13H10N3O2Rb. The van der Waals surface area contributed by atoms with E-state index in [4.69, 9.17) is 10.8 Å². The summed E-state index contributed by atoms with van der Waals surface area (Å²) in [6.45, 7) is 0. The molecule has 0 saturated carbocycles. The van der Waals surface area contributed by atoms with Gasteiger partial charge in [0.2, 0.25) is 0 Å². The first-order valence-electron chi connectivity index (χ1n) is 5.22. The number of nitrogens with zero attached hydrogens (tertiary/aromatic N) is 2. The Hall–Kier alpha value is -0.885. The predicted molar refractivity (Wildman–Crippen MR) is 68.0 cm³/mol. The molecule has 0 aromatic heterocycles. The van der Waals surface area contributed by atoms with Gasteiger partial charge in [0.25, 0.3) is 0 Å². The first-order chi connectivity index (χ1) is 8.66. The van der Waals surface area contributed by atoms with E-state index in [-0.39, 0.29) is 63.8 Å². The Morgan fingerprint density at radius 2 is 1.63 bits per heavy atom. The standard InChI is InChI=1S/C13H11N3O2.Rb/c14-9-5-7-10(8-6-9)15-16-12-4-2-1-3-11(12)13(17)18;/h1-8H,(H3,14,16,17,18);/q;+1/p-1. The van der Waals surface area contributed by atoms with E-state index in [2.05, 4.69) is 10.2 Å². The van der Waals surface area contributed by atoms with Crippen LogP contribution < -0.4 is 58.2 Å². The van der Waals surface area contributed by atoms with Crippen LogP contribution in [0.5, 0.6) is 0 Å². The van der Waals surface area contributed by atoms with Crippen LogP contribution in [-0.4, -0.2) is 11.1 Å². The molecule has 5 nitrogen and oxygen atoms in total. The maximum atomic E-state index is 11.0. The third-order valence-corrected chi connectivity index (χ3v) is 2.27. The van der Waals surface area contributed by atoms with Crippen molar-refractivity contribution in [2.24, 2.45) is 10.2 Å². The van der Waals surface area contributed by atoms with Crippen molar-refractivity contribution in [2.45, 2.75) is 0 Å². The smallest absolute Gasteiger partial charge is 0.699 e. The van der Waals surface area contributed by atoms with Crippen LogP contribution in [0.1, 0.15) is 10.4 Å². The van der Waals surface area contributed by atoms with Gasteiger partial charge in [-0.1, -0.05) is 24.3 Å². The van der Waals surface area contributed by atoms with Gasteiger partial charge in [-0.25, -0.2) is 4.79 Å². The van der Waals surface area contributed by atoms with E-state index in [0.29, 0.717) is 17.1 Å². The van der Waals surface area contributed by atoms with E-state index in [0.717, 1.165) is 0 Å². The van der Waals surface area contributed by atoms with Crippen molar-refractivity contribution in [3.05, 3.63) is 59.8 Å². The van der Waals surface area contributed by atoms with E-state index >= 15 is 0 Å². The number of hydrogen-bond acceptors (Lipinski definition) is 3. The van der Waals surface area contributed by atoms with Crippen LogP contribution in [0.15, 0.2) is 58.8 Å². The molecule has 19 heavy (non-hydrogen) atoms. The molecule has 90 valence electrons. The quantitative estimate of drug-likeness (QED) is 0.867. The number of aromatic carboxylic acids is 1. The molecule has 0 aliphatic rings. The van der Waals surface area contributed by atoms with Gasteiger partial charge in [0.05, 0.1) is 11.3 Å². The maximum Gasteiger partial charge on any atom is 1.00 e. The fourth-order valence-electron chi connectivity index (χ4n) is 1.38. The summed E-state index contributed by atoms with van der Waals surface area (Å²) in [7, 11) is 0. The van der Waals surface area contributed by atoms with Gasteiger partial charge in [-0.2, -0.15) is 5.11 Å². The van der Waals surface area contributed by atoms with Crippen molar-refractivity contribution < 1.29 is 68.1 Å². The van der Waals surface area contributed by atoms with Gasteiger partial charge in [0.1, 0.15) is 5.69 Å². The molecule has 2 rings (SSSR count). The number of carboxylic acids is 1. The molecule has 0 spiro atoms. The third kappa shape index (κ3) is 4.61. The van der Waals surface area contributed by atoms with Crippen LogP contribution in [0.3, 0.4) is 0 Å². The number of azo groups is 1. The van der Waals surface area contributed by atoms with E-state index in [1.54, 1.807) is 42.5 Å². The van der Waals surface area contributed by atoms with Crippen LogP contribution in [0.4, 0.5) is 17.1 Å². The molecule has 2 aromatic rings. The number of rotatable bonds is 3. The second-order valence-corrected chi connectivity index (χ2v) is 3.57. The van der Waals surface area contributed by atoms with Gasteiger partial charge in [-0.05, 0) is 24.3 Å². The minimum absolute atomic E-state index is 0. The monoisotopic (exact) mass is 325 g/mol. The third-order valence-electron chi connectivity index (χ3n) is 2.27. The average Bonchev–Trinajstić information content (AvgIpc) is 2.38. The van der Waals surface area contributed by atoms with Crippen molar-refractivity contribution in [1.29, 1.82) is 0 Å². The first-order valence-corrected chi connectivity index (χ1v) is 5.22. The minimum Gasteiger partial charge on any atom is -0.699 e. The Bertz CT molecular complexity index is 597. The summed E-state index contributed by atoms with van der Waals surface area (Å²) in [5.41, 5.74) is 8.71. The van der Waals surface area contributed by atoms with Crippen molar-refractivity contribution in [2.75, 3.05) is 0 Å². The Morgan fingerprint density at radius 1 is 1.00 bits per heavy atom. The summed E-state index contributed by atoms with van der Waals surface area (Å²) in [6, 6.07) is 12.9. The molecule has 2 aromatic carbocycles. The van der Waals surface area contributed by atoms with Gasteiger partial charge in [-0.3, -0.25) is 0 Å². The topological polar surface area (TPSA) is 85.8 Å². The zero-order valence-corrected chi connectivity index (χ0v) is 15.3. The number of nitrogens with one attached hydrogen (secondary N) is 1. The zero-order chi connectivity index (χ0) is 13.0. The van der Waals surface area contributed by atoms with Crippen LogP contribution in [0.2, 0.25) is 0 Å². The van der Waals surface area contributed by atoms with Crippen LogP contribution >= 0.6 is 0 Å². The molecule has 0 saturated heterocycles. The molecule has 0 fully saturated rings. The van der Waals surface area contributed by atoms with E-state index in [9.17, 15) is 4.79 Å². The number of hydrogen-bond donors (Lipinski definition) is 1. The molecule has 0 heterocycles. The van der Waals surface area contributed by atoms with Gasteiger partial charge in [0.15, 0.2) is 0 Å². The summed E-state index contributed by atoms with van der Waals surface area (Å²) in [6.07, 6.45) is 0. The molecule has 0 aliphatic carbocycles. The summed E-state index contributed by atoms with van der Waals surface area (Å²) in [5.74, 6) is -1.04. The molecular weight excluding hydrogens is 316 g/mol. The van der Waals surface area contributed by atoms with Crippen LogP contribution in [0.25, 0.3) is 5.73 Å². The molecule has 0 amide bonds. The molecule has 6 heteroatoms. The predicted octanol–water partition coefficient (Wildman–Crippen LogP) is 1.49. The SMILES string of the molecule is [NH-]c1ccc(N=Nc2ccccc2C(=O)O)cc1.[Rb+]. The summed E-state index contributed by atoms with van der Waals surface area (Å²) < 4.78 is 0. The summed E-state index contributed by atoms with van der Waals surface area (Å²) in [5, 5.41) is 16.8. The van der Waals surface area contributed by atoms with Gasteiger partial charge >= 0.3 is 64.2 Å². The zero-order valence-electron chi connectivity index (χ0n) is 10.4. The van der Waals surface area contributed by atoms with Gasteiger partial charge < -0.3 is 10.8 Å². The molecule has 0 atom stereocenters. The van der Waals surface area contributed by atoms with E-state index < -0.39 is 5.97 Å². The fraction of sp³-hybridized carbons (Fsp3) is 0. The van der Waals surface area contributed by atoms with Gasteiger partial charge in [0, 0.05) is 0 Å². The molecule has 0 aliphatic heterocycles. The molecule has 2 N–H and O–H groups in total. The molecule has 0 bridgehead atoms. The Morgan fingerprint density at radius 3 is 2.26 bits per heavy atom. The average molecular weight is 326 g/mol. The second kappa shape index (κ2) is 7.64. The Balaban J connectivity index is 0.00000180. The van der Waals surface area contributed by atoms with Crippen molar-refractivity contribution in [1.82, 2.24) is 0 Å². The van der Waals surface area contributed by atoms with Crippen molar-refractivity contribution in [3.8, 4) is 0 Å². The van der Waals surface area contributed by atoms with E-state index in [1.807, 2.05) is 0 Å². The normalized spacial score (nSPS) is 10.1. The number of carbonyl (C=O) groups is 1. The Labute approximate surface area is 159 Å². The maximum absolute atomic E-state index is 11.0. The van der Waals surface area contributed by atoms with Gasteiger partial charge in [-0.15, -0.1) is 10.8 Å².